The van der Waals surface area contributed by atoms with Gasteiger partial charge in [0.1, 0.15) is 15.5 Å². The van der Waals surface area contributed by atoms with Crippen LogP contribution in [-0.2, 0) is 19.4 Å². The van der Waals surface area contributed by atoms with Gasteiger partial charge in [0.2, 0.25) is 0 Å². The second kappa shape index (κ2) is 8.03. The highest BCUT2D eigenvalue weighted by atomic mass is 32.2. The van der Waals surface area contributed by atoms with E-state index in [2.05, 4.69) is 15.3 Å². The molecule has 27 heavy (non-hydrogen) atoms. The fourth-order valence-electron chi connectivity index (χ4n) is 2.59. The van der Waals surface area contributed by atoms with Crippen LogP contribution in [0, 0.1) is 0 Å². The van der Waals surface area contributed by atoms with E-state index >= 15 is 0 Å². The lowest BCUT2D eigenvalue weighted by Gasteiger charge is -2.25. The number of nitrogens with zero attached hydrogens (tertiary/aromatic N) is 1. The number of aromatic nitrogens is 2. The summed E-state index contributed by atoms with van der Waals surface area (Å²) in [5.41, 5.74) is 6.99. The first-order chi connectivity index (χ1) is 12.6. The maximum atomic E-state index is 11.6. The van der Waals surface area contributed by atoms with E-state index in [4.69, 9.17) is 25.5 Å². The molecule has 0 saturated carbocycles. The SMILES string of the molecule is NC(=O)c1cnc2[nH]ccc2c1NC1CCS(=O)(=O)CC1.O=C(O)C(=O)O. The van der Waals surface area contributed by atoms with Crippen LogP contribution in [0.2, 0.25) is 0 Å². The molecular formula is C15H18N4O7S. The van der Waals surface area contributed by atoms with Crippen molar-refractivity contribution < 1.29 is 33.0 Å². The topological polar surface area (TPSA) is 193 Å². The van der Waals surface area contributed by atoms with Crippen molar-refractivity contribution in [2.75, 3.05) is 16.8 Å². The number of sulfone groups is 1. The van der Waals surface area contributed by atoms with Gasteiger partial charge in [0.15, 0.2) is 0 Å². The Morgan fingerprint density at radius 2 is 1.78 bits per heavy atom. The first-order valence-corrected chi connectivity index (χ1v) is 9.62. The van der Waals surface area contributed by atoms with Crippen molar-refractivity contribution in [1.29, 1.82) is 0 Å². The lowest BCUT2D eigenvalue weighted by Crippen LogP contribution is -2.33. The quantitative estimate of drug-likeness (QED) is 0.435. The van der Waals surface area contributed by atoms with Crippen molar-refractivity contribution in [3.8, 4) is 0 Å². The Morgan fingerprint density at radius 3 is 2.30 bits per heavy atom. The monoisotopic (exact) mass is 398 g/mol. The van der Waals surface area contributed by atoms with Gasteiger partial charge < -0.3 is 26.2 Å². The Morgan fingerprint density at radius 1 is 1.19 bits per heavy atom. The van der Waals surface area contributed by atoms with Gasteiger partial charge in [-0.05, 0) is 18.9 Å². The van der Waals surface area contributed by atoms with Gasteiger partial charge in [-0.2, -0.15) is 0 Å². The molecule has 1 fully saturated rings. The van der Waals surface area contributed by atoms with Crippen LogP contribution >= 0.6 is 0 Å². The van der Waals surface area contributed by atoms with E-state index in [1.165, 1.54) is 6.20 Å². The number of fused-ring (bicyclic) bond motifs is 1. The molecule has 0 aliphatic carbocycles. The van der Waals surface area contributed by atoms with Crippen LogP contribution in [0.15, 0.2) is 18.5 Å². The third-order valence-corrected chi connectivity index (χ3v) is 5.65. The molecule has 2 aromatic heterocycles. The third kappa shape index (κ3) is 5.17. The summed E-state index contributed by atoms with van der Waals surface area (Å²) in [6, 6.07) is 1.82. The first kappa shape index (κ1) is 20.2. The van der Waals surface area contributed by atoms with Crippen LogP contribution in [0.1, 0.15) is 23.2 Å². The number of aliphatic carboxylic acids is 2. The highest BCUT2D eigenvalue weighted by Gasteiger charge is 2.25. The summed E-state index contributed by atoms with van der Waals surface area (Å²) in [7, 11) is -2.92. The number of carbonyl (C=O) groups is 3. The number of anilines is 1. The Hall–Kier alpha value is -3.15. The molecule has 1 saturated heterocycles. The minimum absolute atomic E-state index is 0.00660. The number of amides is 1. The number of primary amides is 1. The number of carbonyl (C=O) groups excluding carboxylic acids is 1. The number of hydrogen-bond donors (Lipinski definition) is 5. The number of carboxylic acid groups (broad SMARTS) is 2. The fourth-order valence-corrected chi connectivity index (χ4v) is 4.08. The normalized spacial score (nSPS) is 16.1. The lowest BCUT2D eigenvalue weighted by atomic mass is 10.1. The molecule has 1 aliphatic rings. The molecule has 0 unspecified atom stereocenters. The van der Waals surface area contributed by atoms with Crippen molar-refractivity contribution in [3.05, 3.63) is 24.0 Å². The highest BCUT2D eigenvalue weighted by molar-refractivity contribution is 7.91. The van der Waals surface area contributed by atoms with Gasteiger partial charge in [-0.3, -0.25) is 4.79 Å². The molecular weight excluding hydrogens is 380 g/mol. The number of pyridine rings is 1. The standard InChI is InChI=1S/C13H16N4O3S.C2H2O4/c14-12(18)10-7-16-13-9(1-4-15-13)11(10)17-8-2-5-21(19,20)6-3-8;3-1(4)2(5)6/h1,4,7-8H,2-3,5-6H2,(H2,14,18)(H2,15,16,17);(H,3,4)(H,5,6). The summed E-state index contributed by atoms with van der Waals surface area (Å²) in [6.45, 7) is 0. The van der Waals surface area contributed by atoms with E-state index in [-0.39, 0.29) is 17.5 Å². The summed E-state index contributed by atoms with van der Waals surface area (Å²) in [5, 5.41) is 18.8. The minimum atomic E-state index is -2.92. The van der Waals surface area contributed by atoms with Crippen molar-refractivity contribution in [2.45, 2.75) is 18.9 Å². The zero-order valence-corrected chi connectivity index (χ0v) is 14.8. The number of carboxylic acids is 2. The fraction of sp³-hybridized carbons (Fsp3) is 0.333. The molecule has 0 atom stereocenters. The van der Waals surface area contributed by atoms with Crippen LogP contribution in [-0.4, -0.2) is 64.0 Å². The summed E-state index contributed by atoms with van der Waals surface area (Å²) >= 11 is 0. The van der Waals surface area contributed by atoms with E-state index in [1.807, 2.05) is 6.07 Å². The van der Waals surface area contributed by atoms with Crippen LogP contribution in [0.25, 0.3) is 11.0 Å². The predicted molar refractivity (Wildman–Crippen MR) is 95.2 cm³/mol. The van der Waals surface area contributed by atoms with Gasteiger partial charge >= 0.3 is 11.9 Å². The molecule has 3 rings (SSSR count). The van der Waals surface area contributed by atoms with Gasteiger partial charge in [0.25, 0.3) is 5.91 Å². The van der Waals surface area contributed by atoms with Crippen molar-refractivity contribution >= 4 is 44.4 Å². The molecule has 3 heterocycles. The van der Waals surface area contributed by atoms with E-state index in [1.54, 1.807) is 6.20 Å². The van der Waals surface area contributed by atoms with Crippen LogP contribution < -0.4 is 11.1 Å². The van der Waals surface area contributed by atoms with Gasteiger partial charge in [-0.15, -0.1) is 0 Å². The first-order valence-electron chi connectivity index (χ1n) is 7.80. The van der Waals surface area contributed by atoms with Crippen molar-refractivity contribution in [1.82, 2.24) is 9.97 Å². The summed E-state index contributed by atoms with van der Waals surface area (Å²) in [4.78, 5) is 36.9. The van der Waals surface area contributed by atoms with Crippen LogP contribution in [0.4, 0.5) is 5.69 Å². The average Bonchev–Trinajstić information content (AvgIpc) is 3.06. The Kier molecular flexibility index (Phi) is 6.00. The maximum Gasteiger partial charge on any atom is 0.414 e. The van der Waals surface area contributed by atoms with Crippen LogP contribution in [0.5, 0.6) is 0 Å². The summed E-state index contributed by atoms with van der Waals surface area (Å²) < 4.78 is 23.0. The van der Waals surface area contributed by atoms with E-state index in [0.717, 1.165) is 5.39 Å². The zero-order chi connectivity index (χ0) is 20.2. The maximum absolute atomic E-state index is 11.6. The van der Waals surface area contributed by atoms with Gasteiger partial charge in [-0.25, -0.2) is 23.0 Å². The van der Waals surface area contributed by atoms with E-state index in [9.17, 15) is 13.2 Å². The zero-order valence-electron chi connectivity index (χ0n) is 14.0. The van der Waals surface area contributed by atoms with Crippen molar-refractivity contribution in [3.63, 3.8) is 0 Å². The molecule has 0 bridgehead atoms. The Balaban J connectivity index is 0.000000380. The summed E-state index contributed by atoms with van der Waals surface area (Å²) in [5.74, 6) is -3.88. The predicted octanol–water partition coefficient (Wildman–Crippen LogP) is -0.193. The van der Waals surface area contributed by atoms with Crippen molar-refractivity contribution in [2.24, 2.45) is 5.73 Å². The molecule has 2 aromatic rings. The number of rotatable bonds is 3. The molecule has 146 valence electrons. The third-order valence-electron chi connectivity index (χ3n) is 3.94. The molecule has 1 amide bonds. The van der Waals surface area contributed by atoms with E-state index in [0.29, 0.717) is 29.7 Å². The Labute approximate surface area is 153 Å². The lowest BCUT2D eigenvalue weighted by molar-refractivity contribution is -0.159. The second-order valence-corrected chi connectivity index (χ2v) is 8.14. The number of aromatic amines is 1. The van der Waals surface area contributed by atoms with Gasteiger partial charge in [0, 0.05) is 23.8 Å². The van der Waals surface area contributed by atoms with Crippen LogP contribution in [0.3, 0.4) is 0 Å². The molecule has 0 spiro atoms. The molecule has 0 radical (unpaired) electrons. The number of hydrogen-bond acceptors (Lipinski definition) is 7. The number of nitrogens with one attached hydrogen (secondary N) is 2. The smallest absolute Gasteiger partial charge is 0.414 e. The molecule has 6 N–H and O–H groups in total. The Bertz CT molecular complexity index is 957. The van der Waals surface area contributed by atoms with E-state index < -0.39 is 27.7 Å². The largest absolute Gasteiger partial charge is 0.473 e. The number of H-pyrrole nitrogens is 1. The number of nitrogens with two attached hydrogens (primary N) is 1. The summed E-state index contributed by atoms with van der Waals surface area (Å²) in [6.07, 6.45) is 4.21. The average molecular weight is 398 g/mol. The van der Waals surface area contributed by atoms with Gasteiger partial charge in [0.05, 0.1) is 22.8 Å². The second-order valence-electron chi connectivity index (χ2n) is 5.83. The molecule has 1 aliphatic heterocycles. The molecule has 12 heteroatoms. The molecule has 0 aromatic carbocycles. The minimum Gasteiger partial charge on any atom is -0.473 e. The highest BCUT2D eigenvalue weighted by Crippen LogP contribution is 2.28. The molecule has 11 nitrogen and oxygen atoms in total. The van der Waals surface area contributed by atoms with Gasteiger partial charge in [-0.1, -0.05) is 0 Å².